The van der Waals surface area contributed by atoms with Gasteiger partial charge in [0.05, 0.1) is 22.0 Å². The fourth-order valence-corrected chi connectivity index (χ4v) is 3.91. The number of pyridine rings is 2. The van der Waals surface area contributed by atoms with Crippen molar-refractivity contribution in [3.8, 4) is 11.3 Å². The van der Waals surface area contributed by atoms with Gasteiger partial charge in [-0.1, -0.05) is 35.3 Å². The molecule has 0 bridgehead atoms. The number of carbonyl (C=O) groups excluding carboxylic acids is 2. The van der Waals surface area contributed by atoms with E-state index >= 15 is 0 Å². The van der Waals surface area contributed by atoms with Crippen molar-refractivity contribution in [2.24, 2.45) is 5.92 Å². The quantitative estimate of drug-likeness (QED) is 0.448. The lowest BCUT2D eigenvalue weighted by Crippen LogP contribution is -2.30. The van der Waals surface area contributed by atoms with Crippen LogP contribution in [0.5, 0.6) is 0 Å². The van der Waals surface area contributed by atoms with Gasteiger partial charge < -0.3 is 10.2 Å². The second-order valence-electron chi connectivity index (χ2n) is 8.17. The molecule has 170 valence electrons. The molecule has 1 N–H and O–H groups in total. The van der Waals surface area contributed by atoms with Crippen molar-refractivity contribution in [1.82, 2.24) is 15.3 Å². The summed E-state index contributed by atoms with van der Waals surface area (Å²) < 4.78 is 0. The molecule has 3 aromatic rings. The highest BCUT2D eigenvalue weighted by molar-refractivity contribution is 6.34. The van der Waals surface area contributed by atoms with E-state index in [4.69, 9.17) is 23.2 Å². The van der Waals surface area contributed by atoms with Crippen LogP contribution in [0.4, 0.5) is 5.69 Å². The predicted octanol–water partition coefficient (Wildman–Crippen LogP) is 5.19. The highest BCUT2D eigenvalue weighted by Crippen LogP contribution is 2.35. The van der Waals surface area contributed by atoms with E-state index in [0.717, 1.165) is 24.0 Å². The van der Waals surface area contributed by atoms with Gasteiger partial charge in [0.2, 0.25) is 5.91 Å². The normalized spacial score (nSPS) is 12.9. The van der Waals surface area contributed by atoms with Crippen molar-refractivity contribution in [1.29, 1.82) is 0 Å². The van der Waals surface area contributed by atoms with Crippen molar-refractivity contribution in [2.75, 3.05) is 18.0 Å². The van der Waals surface area contributed by atoms with Gasteiger partial charge in [-0.15, -0.1) is 0 Å². The molecular weight excluding hydrogens is 459 g/mol. The summed E-state index contributed by atoms with van der Waals surface area (Å²) >= 11 is 12.3. The van der Waals surface area contributed by atoms with Crippen LogP contribution in [-0.2, 0) is 11.2 Å². The number of hydrogen-bond acceptors (Lipinski definition) is 4. The van der Waals surface area contributed by atoms with E-state index < -0.39 is 0 Å². The van der Waals surface area contributed by atoms with E-state index in [9.17, 15) is 9.59 Å². The zero-order valence-electron chi connectivity index (χ0n) is 18.2. The molecule has 0 saturated heterocycles. The minimum absolute atomic E-state index is 0.0163. The average molecular weight is 483 g/mol. The van der Waals surface area contributed by atoms with Crippen LogP contribution in [0.1, 0.15) is 35.7 Å². The van der Waals surface area contributed by atoms with Gasteiger partial charge >= 0.3 is 0 Å². The van der Waals surface area contributed by atoms with E-state index in [0.29, 0.717) is 52.5 Å². The minimum atomic E-state index is -0.193. The van der Waals surface area contributed by atoms with Gasteiger partial charge in [-0.25, -0.2) is 4.98 Å². The molecule has 0 unspecified atom stereocenters. The molecule has 2 heterocycles. The molecule has 0 atom stereocenters. The molecule has 0 radical (unpaired) electrons. The van der Waals surface area contributed by atoms with Crippen molar-refractivity contribution < 1.29 is 9.59 Å². The Morgan fingerprint density at radius 3 is 2.48 bits per heavy atom. The minimum Gasteiger partial charge on any atom is -0.352 e. The first-order chi connectivity index (χ1) is 15.9. The van der Waals surface area contributed by atoms with Gasteiger partial charge in [0.25, 0.3) is 5.91 Å². The summed E-state index contributed by atoms with van der Waals surface area (Å²) in [5.74, 6) is 0.353. The second-order valence-corrected chi connectivity index (χ2v) is 8.96. The smallest absolute Gasteiger partial charge is 0.252 e. The Morgan fingerprint density at radius 1 is 1.06 bits per heavy atom. The summed E-state index contributed by atoms with van der Waals surface area (Å²) in [6.45, 7) is 2.74. The summed E-state index contributed by atoms with van der Waals surface area (Å²) in [5, 5.41) is 3.83. The van der Waals surface area contributed by atoms with Crippen LogP contribution >= 0.6 is 23.2 Å². The summed E-state index contributed by atoms with van der Waals surface area (Å²) in [6, 6.07) is 12.7. The lowest BCUT2D eigenvalue weighted by Gasteiger charge is -2.22. The molecule has 1 saturated carbocycles. The first-order valence-corrected chi connectivity index (χ1v) is 11.6. The molecule has 1 aromatic carbocycles. The fourth-order valence-electron chi connectivity index (χ4n) is 3.52. The van der Waals surface area contributed by atoms with Crippen LogP contribution in [0.15, 0.2) is 54.9 Å². The molecular formula is C25H24Cl2N4O2. The van der Waals surface area contributed by atoms with E-state index in [1.165, 1.54) is 0 Å². The third kappa shape index (κ3) is 6.09. The van der Waals surface area contributed by atoms with E-state index in [-0.39, 0.29) is 11.8 Å². The topological polar surface area (TPSA) is 75.2 Å². The maximum atomic E-state index is 12.4. The lowest BCUT2D eigenvalue weighted by molar-refractivity contribution is -0.116. The number of aromatic nitrogens is 2. The number of nitrogens with one attached hydrogen (secondary N) is 1. The van der Waals surface area contributed by atoms with Crippen LogP contribution in [-0.4, -0.2) is 34.9 Å². The van der Waals surface area contributed by atoms with Crippen molar-refractivity contribution in [3.63, 3.8) is 0 Å². The highest BCUT2D eigenvalue weighted by Gasteiger charge is 2.27. The third-order valence-electron chi connectivity index (χ3n) is 5.57. The lowest BCUT2D eigenvalue weighted by atomic mass is 10.1. The molecule has 33 heavy (non-hydrogen) atoms. The Morgan fingerprint density at radius 2 is 1.88 bits per heavy atom. The Kier molecular flexibility index (Phi) is 7.26. The Labute approximate surface area is 203 Å². The number of hydrogen-bond donors (Lipinski definition) is 1. The molecule has 2 amide bonds. The van der Waals surface area contributed by atoms with Gasteiger partial charge in [0, 0.05) is 38.0 Å². The number of amides is 2. The summed E-state index contributed by atoms with van der Waals surface area (Å²) in [7, 11) is 0. The van der Waals surface area contributed by atoms with Gasteiger partial charge in [-0.05, 0) is 61.1 Å². The molecule has 1 fully saturated rings. The molecule has 0 aliphatic heterocycles. The van der Waals surface area contributed by atoms with Gasteiger partial charge in [0.15, 0.2) is 0 Å². The summed E-state index contributed by atoms with van der Waals surface area (Å²) in [4.78, 5) is 34.7. The monoisotopic (exact) mass is 482 g/mol. The van der Waals surface area contributed by atoms with Crippen LogP contribution in [0.3, 0.4) is 0 Å². The molecule has 1 aliphatic rings. The number of anilines is 1. The van der Waals surface area contributed by atoms with Crippen LogP contribution in [0.2, 0.25) is 10.2 Å². The Bertz CT molecular complexity index is 1150. The molecule has 6 nitrogen and oxygen atoms in total. The number of rotatable bonds is 8. The predicted molar refractivity (Wildman–Crippen MR) is 131 cm³/mol. The average Bonchev–Trinajstić information content (AvgIpc) is 3.63. The second kappa shape index (κ2) is 10.3. The van der Waals surface area contributed by atoms with Gasteiger partial charge in [0.1, 0.15) is 5.15 Å². The molecule has 8 heteroatoms. The maximum Gasteiger partial charge on any atom is 0.252 e. The highest BCUT2D eigenvalue weighted by atomic mass is 35.5. The first kappa shape index (κ1) is 23.2. The van der Waals surface area contributed by atoms with Crippen LogP contribution < -0.4 is 10.2 Å². The Hall–Kier alpha value is -2.96. The molecule has 2 aromatic heterocycles. The van der Waals surface area contributed by atoms with Crippen LogP contribution in [0, 0.1) is 5.92 Å². The third-order valence-corrected chi connectivity index (χ3v) is 6.09. The van der Waals surface area contributed by atoms with E-state index in [2.05, 4.69) is 15.3 Å². The Balaban J connectivity index is 1.38. The number of halogens is 2. The van der Waals surface area contributed by atoms with E-state index in [1.54, 1.807) is 42.4 Å². The van der Waals surface area contributed by atoms with Crippen molar-refractivity contribution >= 4 is 40.7 Å². The first-order valence-electron chi connectivity index (χ1n) is 10.8. The van der Waals surface area contributed by atoms with Crippen molar-refractivity contribution in [2.45, 2.75) is 26.2 Å². The van der Waals surface area contributed by atoms with Gasteiger partial charge in [-0.3, -0.25) is 14.6 Å². The van der Waals surface area contributed by atoms with Gasteiger partial charge in [-0.2, -0.15) is 0 Å². The number of benzene rings is 1. The molecule has 0 spiro atoms. The zero-order chi connectivity index (χ0) is 23.4. The summed E-state index contributed by atoms with van der Waals surface area (Å²) in [5.41, 5.74) is 3.70. The number of nitrogens with zero attached hydrogens (tertiary/aromatic N) is 3. The van der Waals surface area contributed by atoms with E-state index in [1.807, 2.05) is 24.3 Å². The molecule has 1 aliphatic carbocycles. The molecule has 4 rings (SSSR count). The summed E-state index contributed by atoms with van der Waals surface area (Å²) in [6.07, 6.45) is 6.21. The number of carbonyl (C=O) groups is 2. The zero-order valence-corrected chi connectivity index (χ0v) is 19.7. The van der Waals surface area contributed by atoms with Crippen molar-refractivity contribution in [3.05, 3.63) is 76.2 Å². The maximum absolute atomic E-state index is 12.4. The van der Waals surface area contributed by atoms with Crippen LogP contribution in [0.25, 0.3) is 11.3 Å². The SMILES string of the molecule is CC(=O)N(CC1CC1)c1ccc(-c2ccc(C(=O)NCCc3ccc(Cl)nc3)cn2)cc1Cl. The fraction of sp³-hybridized carbons (Fsp3) is 0.280. The largest absolute Gasteiger partial charge is 0.352 e. The standard InChI is InChI=1S/C25H24Cl2N4O2/c1-16(32)31(15-18-2-3-18)23-8-6-19(12-21(23)26)22-7-5-20(14-29-22)25(33)28-11-10-17-4-9-24(27)30-13-17/h4-9,12-14,18H,2-3,10-11,15H2,1H3,(H,28,33).